The normalized spacial score (nSPS) is 15.1. The van der Waals surface area contributed by atoms with E-state index in [-0.39, 0.29) is 18.6 Å². The molecule has 1 fully saturated rings. The van der Waals surface area contributed by atoms with Crippen molar-refractivity contribution in [1.82, 2.24) is 5.32 Å². The largest absolute Gasteiger partial charge is 0.483 e. The van der Waals surface area contributed by atoms with E-state index >= 15 is 0 Å². The molecular weight excluding hydrogens is 376 g/mol. The topological polar surface area (TPSA) is 55.9 Å². The van der Waals surface area contributed by atoms with Crippen LogP contribution in [0.1, 0.15) is 35.8 Å². The predicted octanol–water partition coefficient (Wildman–Crippen LogP) is 2.79. The van der Waals surface area contributed by atoms with Gasteiger partial charge in [0.15, 0.2) is 18.4 Å². The van der Waals surface area contributed by atoms with Crippen LogP contribution in [0.4, 0.5) is 0 Å². The van der Waals surface area contributed by atoms with Crippen LogP contribution in [0.15, 0.2) is 77.4 Å². The van der Waals surface area contributed by atoms with E-state index in [4.69, 9.17) is 9.15 Å². The van der Waals surface area contributed by atoms with Gasteiger partial charge in [0.1, 0.15) is 5.75 Å². The van der Waals surface area contributed by atoms with Gasteiger partial charge in [0.25, 0.3) is 5.91 Å². The maximum absolute atomic E-state index is 12.5. The maximum atomic E-state index is 12.5. The maximum Gasteiger partial charge on any atom is 0.258 e. The smallest absolute Gasteiger partial charge is 0.258 e. The van der Waals surface area contributed by atoms with Gasteiger partial charge in [0, 0.05) is 19.3 Å². The van der Waals surface area contributed by atoms with Crippen LogP contribution >= 0.6 is 0 Å². The van der Waals surface area contributed by atoms with Crippen molar-refractivity contribution < 1.29 is 18.8 Å². The van der Waals surface area contributed by atoms with Crippen molar-refractivity contribution in [2.75, 3.05) is 26.2 Å². The number of carbonyl (C=O) groups is 1. The van der Waals surface area contributed by atoms with Gasteiger partial charge in [-0.3, -0.25) is 4.79 Å². The number of benzene rings is 2. The average Bonchev–Trinajstić information content (AvgIpc) is 3.49. The Morgan fingerprint density at radius 3 is 2.53 bits per heavy atom. The molecule has 2 N–H and O–H groups in total. The molecule has 1 aromatic heterocycles. The van der Waals surface area contributed by atoms with E-state index in [9.17, 15) is 4.79 Å². The van der Waals surface area contributed by atoms with Crippen molar-refractivity contribution in [2.24, 2.45) is 0 Å². The first-order valence-corrected chi connectivity index (χ1v) is 10.7. The molecule has 0 spiro atoms. The molecule has 0 unspecified atom stereocenters. The summed E-state index contributed by atoms with van der Waals surface area (Å²) in [6.07, 6.45) is 4.92. The van der Waals surface area contributed by atoms with E-state index in [1.54, 1.807) is 6.26 Å². The van der Waals surface area contributed by atoms with Crippen LogP contribution in [0.5, 0.6) is 5.75 Å². The number of ether oxygens (including phenoxy) is 1. The van der Waals surface area contributed by atoms with Crippen LogP contribution in [0, 0.1) is 0 Å². The van der Waals surface area contributed by atoms with Gasteiger partial charge in [-0.05, 0) is 29.3 Å². The molecule has 4 rings (SSSR count). The van der Waals surface area contributed by atoms with E-state index in [1.807, 2.05) is 54.6 Å². The number of carbonyl (C=O) groups excluding carboxylic acids is 1. The number of likely N-dealkylation sites (tertiary alicyclic amines) is 1. The fourth-order valence-electron chi connectivity index (χ4n) is 4.13. The predicted molar refractivity (Wildman–Crippen MR) is 116 cm³/mol. The number of hydrogen-bond acceptors (Lipinski definition) is 3. The Bertz CT molecular complexity index is 919. The van der Waals surface area contributed by atoms with Crippen LogP contribution in [0.2, 0.25) is 0 Å². The molecule has 30 heavy (non-hydrogen) atoms. The number of furan rings is 1. The summed E-state index contributed by atoms with van der Waals surface area (Å²) >= 11 is 0. The number of rotatable bonds is 9. The standard InChI is InChI=1S/C25H28N2O3/c28-25(26-18-22(24-13-8-16-29-24)27-14-6-7-15-27)19-30-23-12-5-4-11-21(23)17-20-9-2-1-3-10-20/h1-5,8-13,16,22H,6-7,14-15,17-19H2,(H,26,28)/p+1/t22-/m0/s1. The van der Waals surface area contributed by atoms with E-state index in [0.717, 1.165) is 36.6 Å². The summed E-state index contributed by atoms with van der Waals surface area (Å²) in [5.74, 6) is 1.57. The van der Waals surface area contributed by atoms with E-state index < -0.39 is 0 Å². The number of amides is 1. The third-order valence-electron chi connectivity index (χ3n) is 5.70. The van der Waals surface area contributed by atoms with Crippen LogP contribution in [-0.2, 0) is 11.2 Å². The zero-order valence-electron chi connectivity index (χ0n) is 17.2. The third-order valence-corrected chi connectivity index (χ3v) is 5.70. The molecule has 156 valence electrons. The van der Waals surface area contributed by atoms with Crippen molar-refractivity contribution in [3.8, 4) is 5.75 Å². The first kappa shape index (κ1) is 20.2. The summed E-state index contributed by atoms with van der Waals surface area (Å²) in [6, 6.07) is 22.2. The van der Waals surface area contributed by atoms with Gasteiger partial charge < -0.3 is 19.4 Å². The number of hydrogen-bond donors (Lipinski definition) is 2. The highest BCUT2D eigenvalue weighted by Crippen LogP contribution is 2.21. The quantitative estimate of drug-likeness (QED) is 0.576. The van der Waals surface area contributed by atoms with Crippen LogP contribution in [-0.4, -0.2) is 32.1 Å². The van der Waals surface area contributed by atoms with E-state index in [0.29, 0.717) is 6.54 Å². The van der Waals surface area contributed by atoms with Crippen molar-refractivity contribution >= 4 is 5.91 Å². The summed E-state index contributed by atoms with van der Waals surface area (Å²) in [7, 11) is 0. The highest BCUT2D eigenvalue weighted by molar-refractivity contribution is 5.77. The van der Waals surface area contributed by atoms with E-state index in [2.05, 4.69) is 17.4 Å². The molecule has 1 atom stereocenters. The molecule has 3 aromatic rings. The molecule has 1 aliphatic rings. The molecule has 1 aliphatic heterocycles. The molecule has 5 nitrogen and oxygen atoms in total. The molecule has 0 aliphatic carbocycles. The highest BCUT2D eigenvalue weighted by Gasteiger charge is 2.29. The second kappa shape index (κ2) is 10.1. The van der Waals surface area contributed by atoms with Crippen molar-refractivity contribution in [2.45, 2.75) is 25.3 Å². The van der Waals surface area contributed by atoms with Gasteiger partial charge in [-0.1, -0.05) is 48.5 Å². The second-order valence-electron chi connectivity index (χ2n) is 7.80. The molecule has 0 radical (unpaired) electrons. The first-order chi connectivity index (χ1) is 14.8. The minimum Gasteiger partial charge on any atom is -0.483 e. The molecule has 1 saturated heterocycles. The molecule has 0 bridgehead atoms. The van der Waals surface area contributed by atoms with E-state index in [1.165, 1.54) is 23.3 Å². The Balaban J connectivity index is 1.32. The van der Waals surface area contributed by atoms with Crippen LogP contribution in [0.25, 0.3) is 0 Å². The Morgan fingerprint density at radius 2 is 1.77 bits per heavy atom. The van der Waals surface area contributed by atoms with Gasteiger partial charge in [0.2, 0.25) is 0 Å². The summed E-state index contributed by atoms with van der Waals surface area (Å²) in [5.41, 5.74) is 2.29. The van der Waals surface area contributed by atoms with Gasteiger partial charge in [-0.2, -0.15) is 0 Å². The molecule has 2 aromatic carbocycles. The first-order valence-electron chi connectivity index (χ1n) is 10.7. The molecule has 5 heteroatoms. The van der Waals surface area contributed by atoms with Crippen molar-refractivity contribution in [1.29, 1.82) is 0 Å². The lowest BCUT2D eigenvalue weighted by atomic mass is 10.0. The molecule has 2 heterocycles. The molecular formula is C25H29N2O3+. The fraction of sp³-hybridized carbons (Fsp3) is 0.320. The van der Waals surface area contributed by atoms with Crippen molar-refractivity contribution in [3.63, 3.8) is 0 Å². The van der Waals surface area contributed by atoms with Crippen LogP contribution < -0.4 is 15.0 Å². The lowest BCUT2D eigenvalue weighted by molar-refractivity contribution is -0.919. The average molecular weight is 406 g/mol. The molecule has 0 saturated carbocycles. The summed E-state index contributed by atoms with van der Waals surface area (Å²) in [5, 5.41) is 3.04. The Kier molecular flexibility index (Phi) is 6.83. The highest BCUT2D eigenvalue weighted by atomic mass is 16.5. The molecule has 1 amide bonds. The van der Waals surface area contributed by atoms with Gasteiger partial charge in [-0.15, -0.1) is 0 Å². The summed E-state index contributed by atoms with van der Waals surface area (Å²) in [6.45, 7) is 2.79. The summed E-state index contributed by atoms with van der Waals surface area (Å²) in [4.78, 5) is 14.0. The lowest BCUT2D eigenvalue weighted by Crippen LogP contribution is -3.11. The third kappa shape index (κ3) is 5.30. The zero-order valence-corrected chi connectivity index (χ0v) is 17.2. The Morgan fingerprint density at radius 1 is 1.00 bits per heavy atom. The van der Waals surface area contributed by atoms with Crippen molar-refractivity contribution in [3.05, 3.63) is 89.9 Å². The fourth-order valence-corrected chi connectivity index (χ4v) is 4.13. The van der Waals surface area contributed by atoms with Gasteiger partial charge in [0.05, 0.1) is 25.9 Å². The van der Waals surface area contributed by atoms with Crippen LogP contribution in [0.3, 0.4) is 0 Å². The van der Waals surface area contributed by atoms with Gasteiger partial charge in [-0.25, -0.2) is 0 Å². The minimum absolute atomic E-state index is 0.00596. The lowest BCUT2D eigenvalue weighted by Gasteiger charge is -2.23. The monoisotopic (exact) mass is 405 g/mol. The summed E-state index contributed by atoms with van der Waals surface area (Å²) < 4.78 is 11.5. The number of nitrogens with one attached hydrogen (secondary N) is 2. The Hall–Kier alpha value is -3.05. The Labute approximate surface area is 177 Å². The van der Waals surface area contributed by atoms with Gasteiger partial charge >= 0.3 is 0 Å². The minimum atomic E-state index is -0.111. The number of quaternary nitrogens is 1. The zero-order chi connectivity index (χ0) is 20.6. The SMILES string of the molecule is O=C(COc1ccccc1Cc1ccccc1)NC[C@@H](c1ccco1)[NH+]1CCCC1. The number of para-hydroxylation sites is 1. The second-order valence-corrected chi connectivity index (χ2v) is 7.80.